The minimum absolute atomic E-state index is 0.153. The Morgan fingerprint density at radius 1 is 0.676 bits per heavy atom. The van der Waals surface area contributed by atoms with Crippen LogP contribution in [0, 0.1) is 0 Å². The Kier molecular flexibility index (Phi) is 9.15. The van der Waals surface area contributed by atoms with Crippen LogP contribution < -0.4 is 4.90 Å². The van der Waals surface area contributed by atoms with E-state index >= 15 is 0 Å². The summed E-state index contributed by atoms with van der Waals surface area (Å²) >= 11 is 0. The highest BCUT2D eigenvalue weighted by Crippen LogP contribution is 2.62. The van der Waals surface area contributed by atoms with E-state index in [0.717, 1.165) is 24.5 Å². The van der Waals surface area contributed by atoms with Crippen LogP contribution in [0.5, 0.6) is 0 Å². The fourth-order valence-corrected chi connectivity index (χ4v) is 2.84. The first-order chi connectivity index (χ1) is 16.5. The van der Waals surface area contributed by atoms with Gasteiger partial charge in [-0.05, 0) is 18.6 Å². The van der Waals surface area contributed by atoms with E-state index in [-0.39, 0.29) is 17.7 Å². The van der Waals surface area contributed by atoms with Gasteiger partial charge >= 0.3 is 47.6 Å². The number of nitrogens with zero attached hydrogens (tertiary/aromatic N) is 2. The first-order valence-corrected chi connectivity index (χ1v) is 10.0. The van der Waals surface area contributed by atoms with E-state index in [4.69, 9.17) is 0 Å². The quantitative estimate of drug-likeness (QED) is 0.193. The lowest BCUT2D eigenvalue weighted by molar-refractivity contribution is -0.449. The average Bonchev–Trinajstić information content (AvgIpc) is 2.77. The van der Waals surface area contributed by atoms with Crippen LogP contribution in [0.2, 0.25) is 0 Å². The minimum atomic E-state index is -8.45. The van der Waals surface area contributed by atoms with E-state index in [2.05, 4.69) is 4.98 Å². The number of unbranched alkanes of at least 4 members (excludes halogenated alkanes) is 3. The number of rotatable bonds is 12. The first-order valence-electron chi connectivity index (χ1n) is 10.0. The van der Waals surface area contributed by atoms with Gasteiger partial charge in [-0.2, -0.15) is 65.9 Å². The Morgan fingerprint density at radius 2 is 1.11 bits per heavy atom. The SMILES string of the molecule is CCCCCCN(C(=O)C(F)(F)C(F)(F)C(F)(F)C(F)(F)C(F)(F)C(F)(F)C(F)(F)F)c1ccncc1. The molecule has 214 valence electrons. The molecule has 0 atom stereocenters. The maximum absolute atomic E-state index is 14.4. The van der Waals surface area contributed by atoms with Gasteiger partial charge in [-0.15, -0.1) is 0 Å². The second-order valence-corrected chi connectivity index (χ2v) is 7.67. The van der Waals surface area contributed by atoms with Crippen molar-refractivity contribution in [3.63, 3.8) is 0 Å². The van der Waals surface area contributed by atoms with Gasteiger partial charge < -0.3 is 4.90 Å². The maximum Gasteiger partial charge on any atom is 0.460 e. The molecule has 1 rings (SSSR count). The summed E-state index contributed by atoms with van der Waals surface area (Å²) in [6.07, 6.45) is -5.25. The molecule has 1 amide bonds. The molecule has 1 aromatic rings. The van der Waals surface area contributed by atoms with Gasteiger partial charge in [0.1, 0.15) is 0 Å². The summed E-state index contributed by atoms with van der Waals surface area (Å²) in [7, 11) is 0. The number of anilines is 1. The summed E-state index contributed by atoms with van der Waals surface area (Å²) in [6, 6.07) is 1.44. The molecule has 0 aliphatic heterocycles. The molecular formula is C19H17F15N2O. The molecule has 1 heterocycles. The molecule has 0 aliphatic rings. The van der Waals surface area contributed by atoms with Crippen LogP contribution in [-0.4, -0.2) is 59.1 Å². The van der Waals surface area contributed by atoms with Crippen molar-refractivity contribution in [1.82, 2.24) is 4.98 Å². The number of carbonyl (C=O) groups is 1. The molecule has 0 N–H and O–H groups in total. The molecule has 0 unspecified atom stereocenters. The van der Waals surface area contributed by atoms with Gasteiger partial charge in [-0.1, -0.05) is 26.2 Å². The summed E-state index contributed by atoms with van der Waals surface area (Å²) in [5, 5.41) is 0. The van der Waals surface area contributed by atoms with Crippen LogP contribution in [0.4, 0.5) is 71.5 Å². The molecule has 1 aromatic heterocycles. The van der Waals surface area contributed by atoms with Crippen molar-refractivity contribution in [3.05, 3.63) is 24.5 Å². The van der Waals surface area contributed by atoms with Gasteiger partial charge in [-0.25, -0.2) is 0 Å². The second-order valence-electron chi connectivity index (χ2n) is 7.67. The highest BCUT2D eigenvalue weighted by Gasteiger charge is 2.94. The lowest BCUT2D eigenvalue weighted by Crippen LogP contribution is -2.74. The van der Waals surface area contributed by atoms with E-state index in [1.165, 1.54) is 0 Å². The zero-order chi connectivity index (χ0) is 29.3. The van der Waals surface area contributed by atoms with E-state index in [1.807, 2.05) is 0 Å². The maximum atomic E-state index is 14.4. The van der Waals surface area contributed by atoms with Gasteiger partial charge in [0, 0.05) is 24.6 Å². The molecule has 0 fully saturated rings. The van der Waals surface area contributed by atoms with E-state index in [9.17, 15) is 70.7 Å². The largest absolute Gasteiger partial charge is 0.460 e. The van der Waals surface area contributed by atoms with Gasteiger partial charge in [0.05, 0.1) is 0 Å². The first kappa shape index (κ1) is 32.6. The molecule has 0 saturated heterocycles. The standard InChI is InChI=1S/C19H17F15N2O/c1-2-3-4-5-10-36(11-6-8-35-9-7-11)12(37)13(20,21)14(22,23)15(24,25)16(26,27)17(28,29)18(30,31)19(32,33)34/h6-9H,2-5,10H2,1H3. The summed E-state index contributed by atoms with van der Waals surface area (Å²) in [5.74, 6) is -51.5. The number of carbonyl (C=O) groups excluding carboxylic acids is 1. The third-order valence-corrected chi connectivity index (χ3v) is 5.05. The van der Waals surface area contributed by atoms with Crippen LogP contribution >= 0.6 is 0 Å². The van der Waals surface area contributed by atoms with E-state index in [0.29, 0.717) is 12.8 Å². The average molecular weight is 574 g/mol. The van der Waals surface area contributed by atoms with Crippen molar-refractivity contribution in [2.24, 2.45) is 0 Å². The van der Waals surface area contributed by atoms with Crippen molar-refractivity contribution in [2.75, 3.05) is 11.4 Å². The lowest BCUT2D eigenvalue weighted by atomic mass is 9.90. The third-order valence-electron chi connectivity index (χ3n) is 5.05. The normalized spacial score (nSPS) is 14.6. The van der Waals surface area contributed by atoms with Crippen molar-refractivity contribution >= 4 is 11.6 Å². The molecule has 3 nitrogen and oxygen atoms in total. The number of pyridine rings is 1. The molecule has 0 bridgehead atoms. The van der Waals surface area contributed by atoms with Crippen LogP contribution in [0.25, 0.3) is 0 Å². The molecule has 0 saturated carbocycles. The van der Waals surface area contributed by atoms with Crippen molar-refractivity contribution in [2.45, 2.75) is 74.3 Å². The molecule has 0 aromatic carbocycles. The number of aromatic nitrogens is 1. The van der Waals surface area contributed by atoms with Crippen molar-refractivity contribution in [3.8, 4) is 0 Å². The molecular weight excluding hydrogens is 557 g/mol. The Hall–Kier alpha value is -2.43. The smallest absolute Gasteiger partial charge is 0.307 e. The molecule has 0 aliphatic carbocycles. The zero-order valence-electron chi connectivity index (χ0n) is 18.3. The molecule has 18 heteroatoms. The van der Waals surface area contributed by atoms with Crippen LogP contribution in [0.1, 0.15) is 32.6 Å². The summed E-state index contributed by atoms with van der Waals surface area (Å²) < 4.78 is 201. The van der Waals surface area contributed by atoms with E-state index < -0.39 is 59.9 Å². The monoisotopic (exact) mass is 574 g/mol. The lowest BCUT2D eigenvalue weighted by Gasteiger charge is -2.41. The number of hydrogen-bond acceptors (Lipinski definition) is 2. The number of halogens is 15. The number of alkyl halides is 15. The predicted molar refractivity (Wildman–Crippen MR) is 96.5 cm³/mol. The molecule has 37 heavy (non-hydrogen) atoms. The Morgan fingerprint density at radius 3 is 1.54 bits per heavy atom. The predicted octanol–water partition coefficient (Wildman–Crippen LogP) is 7.37. The number of hydrogen-bond donors (Lipinski definition) is 0. The number of amides is 1. The molecule has 0 radical (unpaired) electrons. The zero-order valence-corrected chi connectivity index (χ0v) is 18.3. The Bertz CT molecular complexity index is 916. The van der Waals surface area contributed by atoms with E-state index in [1.54, 1.807) is 6.92 Å². The topological polar surface area (TPSA) is 33.2 Å². The molecule has 0 spiro atoms. The van der Waals surface area contributed by atoms with Gasteiger partial charge in [-0.3, -0.25) is 9.78 Å². The Labute approximate surface area is 198 Å². The summed E-state index contributed by atoms with van der Waals surface area (Å²) in [5.41, 5.74) is -0.712. The fourth-order valence-electron chi connectivity index (χ4n) is 2.84. The highest BCUT2D eigenvalue weighted by molar-refractivity contribution is 5.99. The van der Waals surface area contributed by atoms with Crippen molar-refractivity contribution < 1.29 is 70.7 Å². The third kappa shape index (κ3) is 5.28. The van der Waals surface area contributed by atoms with Crippen molar-refractivity contribution in [1.29, 1.82) is 0 Å². The van der Waals surface area contributed by atoms with Gasteiger partial charge in [0.2, 0.25) is 0 Å². The van der Waals surface area contributed by atoms with Gasteiger partial charge in [0.25, 0.3) is 0 Å². The second kappa shape index (κ2) is 10.4. The minimum Gasteiger partial charge on any atom is -0.307 e. The van der Waals surface area contributed by atoms with Crippen LogP contribution in [0.3, 0.4) is 0 Å². The highest BCUT2D eigenvalue weighted by atomic mass is 19.4. The van der Waals surface area contributed by atoms with Gasteiger partial charge in [0.15, 0.2) is 0 Å². The summed E-state index contributed by atoms with van der Waals surface area (Å²) in [6.45, 7) is 0.750. The van der Waals surface area contributed by atoms with Crippen LogP contribution in [0.15, 0.2) is 24.5 Å². The fraction of sp³-hybridized carbons (Fsp3) is 0.684. The van der Waals surface area contributed by atoms with Crippen LogP contribution in [-0.2, 0) is 4.79 Å². The summed E-state index contributed by atoms with van der Waals surface area (Å²) in [4.78, 5) is 15.4. The Balaban J connectivity index is 3.58.